The Morgan fingerprint density at radius 3 is 2.43 bits per heavy atom. The van der Waals surface area contributed by atoms with Crippen LogP contribution in [0.25, 0.3) is 5.00 Å². The zero-order valence-corrected chi connectivity index (χ0v) is 17.6. The van der Waals surface area contributed by atoms with Crippen molar-refractivity contribution in [3.8, 4) is 5.00 Å². The van der Waals surface area contributed by atoms with Gasteiger partial charge in [0.15, 0.2) is 0 Å². The summed E-state index contributed by atoms with van der Waals surface area (Å²) in [6.07, 6.45) is 5.65. The average Bonchev–Trinajstić information content (AvgIpc) is 3.23. The topological polar surface area (TPSA) is 91.9 Å². The van der Waals surface area contributed by atoms with E-state index in [1.54, 1.807) is 29.7 Å². The van der Waals surface area contributed by atoms with E-state index >= 15 is 0 Å². The lowest BCUT2D eigenvalue weighted by atomic mass is 9.95. The summed E-state index contributed by atoms with van der Waals surface area (Å²) in [5.74, 6) is -1.84. The van der Waals surface area contributed by atoms with Crippen LogP contribution in [0.4, 0.5) is 5.69 Å². The SMILES string of the molecule is Cc1cc(C=Nc2ccc(C(=O)O)cc2)c(C)n1-c1sc2c(c1C(=O)O)CCCC2. The highest BCUT2D eigenvalue weighted by molar-refractivity contribution is 7.15. The van der Waals surface area contributed by atoms with Crippen LogP contribution in [-0.4, -0.2) is 32.9 Å². The van der Waals surface area contributed by atoms with Gasteiger partial charge in [0, 0.05) is 28.0 Å². The highest BCUT2D eigenvalue weighted by Gasteiger charge is 2.27. The molecule has 0 radical (unpaired) electrons. The Bertz CT molecular complexity index is 1170. The molecule has 7 heteroatoms. The number of carboxylic acids is 2. The standard InChI is InChI=1S/C23H22N2O4S/c1-13-11-16(12-24-17-9-7-15(8-10-17)22(26)27)14(2)25(13)21-20(23(28)29)18-5-3-4-6-19(18)30-21/h7-12H,3-6H2,1-2H3,(H,26,27)(H,28,29). The number of hydrogen-bond acceptors (Lipinski definition) is 4. The second kappa shape index (κ2) is 7.91. The van der Waals surface area contributed by atoms with Gasteiger partial charge in [-0.15, -0.1) is 11.3 Å². The summed E-state index contributed by atoms with van der Waals surface area (Å²) >= 11 is 1.59. The molecule has 0 amide bonds. The van der Waals surface area contributed by atoms with Gasteiger partial charge in [-0.2, -0.15) is 0 Å². The molecule has 30 heavy (non-hydrogen) atoms. The Kier molecular flexibility index (Phi) is 5.30. The molecule has 1 aliphatic carbocycles. The summed E-state index contributed by atoms with van der Waals surface area (Å²) in [5, 5.41) is 19.7. The van der Waals surface area contributed by atoms with E-state index in [9.17, 15) is 14.7 Å². The van der Waals surface area contributed by atoms with Gasteiger partial charge in [-0.25, -0.2) is 9.59 Å². The number of aromatic carboxylic acids is 2. The summed E-state index contributed by atoms with van der Waals surface area (Å²) < 4.78 is 2.02. The van der Waals surface area contributed by atoms with Crippen LogP contribution in [0.2, 0.25) is 0 Å². The first-order valence-corrected chi connectivity index (χ1v) is 10.6. The van der Waals surface area contributed by atoms with Crippen molar-refractivity contribution in [2.45, 2.75) is 39.5 Å². The smallest absolute Gasteiger partial charge is 0.339 e. The number of benzene rings is 1. The number of rotatable bonds is 5. The average molecular weight is 423 g/mol. The van der Waals surface area contributed by atoms with Crippen LogP contribution in [-0.2, 0) is 12.8 Å². The number of carboxylic acid groups (broad SMARTS) is 2. The number of nitrogens with zero attached hydrogens (tertiary/aromatic N) is 2. The van der Waals surface area contributed by atoms with Crippen molar-refractivity contribution >= 4 is 35.2 Å². The largest absolute Gasteiger partial charge is 0.478 e. The van der Waals surface area contributed by atoms with E-state index in [-0.39, 0.29) is 5.56 Å². The van der Waals surface area contributed by atoms with Crippen LogP contribution < -0.4 is 0 Å². The highest BCUT2D eigenvalue weighted by atomic mass is 32.1. The van der Waals surface area contributed by atoms with Gasteiger partial charge in [0.2, 0.25) is 0 Å². The molecule has 6 nitrogen and oxygen atoms in total. The van der Waals surface area contributed by atoms with Crippen molar-refractivity contribution in [1.82, 2.24) is 4.57 Å². The molecule has 2 heterocycles. The van der Waals surface area contributed by atoms with E-state index in [4.69, 9.17) is 5.11 Å². The lowest BCUT2D eigenvalue weighted by Crippen LogP contribution is -2.09. The van der Waals surface area contributed by atoms with Crippen LogP contribution in [0, 0.1) is 13.8 Å². The zero-order valence-electron chi connectivity index (χ0n) is 16.8. The molecule has 0 atom stereocenters. The van der Waals surface area contributed by atoms with Crippen LogP contribution in [0.3, 0.4) is 0 Å². The number of hydrogen-bond donors (Lipinski definition) is 2. The Morgan fingerprint density at radius 1 is 1.07 bits per heavy atom. The zero-order chi connectivity index (χ0) is 21.4. The maximum Gasteiger partial charge on any atom is 0.339 e. The molecule has 0 unspecified atom stereocenters. The van der Waals surface area contributed by atoms with E-state index < -0.39 is 11.9 Å². The second-order valence-electron chi connectivity index (χ2n) is 7.47. The fraction of sp³-hybridized carbons (Fsp3) is 0.261. The number of aliphatic imine (C=N–C) groups is 1. The maximum absolute atomic E-state index is 12.1. The molecular weight excluding hydrogens is 400 g/mol. The van der Waals surface area contributed by atoms with E-state index in [2.05, 4.69) is 4.99 Å². The summed E-state index contributed by atoms with van der Waals surface area (Å²) in [4.78, 5) is 28.7. The number of aromatic nitrogens is 1. The molecule has 4 rings (SSSR count). The lowest BCUT2D eigenvalue weighted by molar-refractivity contribution is 0.0685. The van der Waals surface area contributed by atoms with Gasteiger partial charge in [0.05, 0.1) is 16.8 Å². The van der Waals surface area contributed by atoms with E-state index in [1.165, 1.54) is 17.0 Å². The fourth-order valence-corrected chi connectivity index (χ4v) is 5.49. The number of thiophene rings is 1. The molecule has 0 spiro atoms. The van der Waals surface area contributed by atoms with Crippen LogP contribution in [0.5, 0.6) is 0 Å². The third-order valence-corrected chi connectivity index (χ3v) is 6.78. The van der Waals surface area contributed by atoms with Crippen molar-refractivity contribution in [3.63, 3.8) is 0 Å². The molecule has 0 aliphatic heterocycles. The molecule has 0 fully saturated rings. The monoisotopic (exact) mass is 422 g/mol. The predicted molar refractivity (Wildman–Crippen MR) is 117 cm³/mol. The summed E-state index contributed by atoms with van der Waals surface area (Å²) in [6.45, 7) is 3.93. The second-order valence-corrected chi connectivity index (χ2v) is 8.55. The van der Waals surface area contributed by atoms with E-state index in [1.807, 2.05) is 24.5 Å². The van der Waals surface area contributed by atoms with E-state index in [0.29, 0.717) is 11.3 Å². The number of fused-ring (bicyclic) bond motifs is 1. The Morgan fingerprint density at radius 2 is 1.77 bits per heavy atom. The van der Waals surface area contributed by atoms with Gasteiger partial charge in [-0.05, 0) is 75.4 Å². The number of carbonyl (C=O) groups is 2. The third-order valence-electron chi connectivity index (χ3n) is 5.51. The minimum atomic E-state index is -0.970. The van der Waals surface area contributed by atoms with Gasteiger partial charge < -0.3 is 14.8 Å². The van der Waals surface area contributed by atoms with Crippen molar-refractivity contribution < 1.29 is 19.8 Å². The van der Waals surface area contributed by atoms with Gasteiger partial charge in [0.1, 0.15) is 5.00 Å². The molecule has 0 saturated carbocycles. The van der Waals surface area contributed by atoms with Gasteiger partial charge in [-0.3, -0.25) is 4.99 Å². The molecule has 3 aromatic rings. The lowest BCUT2D eigenvalue weighted by Gasteiger charge is -2.11. The minimum Gasteiger partial charge on any atom is -0.478 e. The molecule has 0 saturated heterocycles. The quantitative estimate of drug-likeness (QED) is 0.554. The first-order valence-electron chi connectivity index (χ1n) is 9.81. The Hall–Kier alpha value is -3.19. The molecule has 154 valence electrons. The molecule has 2 N–H and O–H groups in total. The fourth-order valence-electron chi connectivity index (χ4n) is 3.99. The highest BCUT2D eigenvalue weighted by Crippen LogP contribution is 2.38. The van der Waals surface area contributed by atoms with E-state index in [0.717, 1.165) is 53.2 Å². The van der Waals surface area contributed by atoms with Crippen molar-refractivity contribution in [3.05, 3.63) is 68.9 Å². The number of aryl methyl sites for hydroxylation is 2. The Labute approximate surface area is 178 Å². The van der Waals surface area contributed by atoms with Crippen LogP contribution in [0.1, 0.15) is 60.9 Å². The predicted octanol–water partition coefficient (Wildman–Crippen LogP) is 5.18. The van der Waals surface area contributed by atoms with Gasteiger partial charge >= 0.3 is 11.9 Å². The normalized spacial score (nSPS) is 13.5. The first kappa shape index (κ1) is 20.1. The summed E-state index contributed by atoms with van der Waals surface area (Å²) in [6, 6.07) is 8.36. The summed E-state index contributed by atoms with van der Waals surface area (Å²) in [7, 11) is 0. The first-order chi connectivity index (χ1) is 14.4. The van der Waals surface area contributed by atoms with Gasteiger partial charge in [0.25, 0.3) is 0 Å². The molecule has 1 aliphatic rings. The molecule has 0 bridgehead atoms. The molecule has 1 aromatic carbocycles. The van der Waals surface area contributed by atoms with Crippen LogP contribution in [0.15, 0.2) is 35.3 Å². The van der Waals surface area contributed by atoms with Gasteiger partial charge in [-0.1, -0.05) is 0 Å². The Balaban J connectivity index is 1.72. The molecule has 2 aromatic heterocycles. The summed E-state index contributed by atoms with van der Waals surface area (Å²) in [5.41, 5.74) is 5.09. The van der Waals surface area contributed by atoms with Crippen molar-refractivity contribution in [2.24, 2.45) is 4.99 Å². The van der Waals surface area contributed by atoms with Crippen molar-refractivity contribution in [1.29, 1.82) is 0 Å². The van der Waals surface area contributed by atoms with Crippen molar-refractivity contribution in [2.75, 3.05) is 0 Å². The maximum atomic E-state index is 12.1. The minimum absolute atomic E-state index is 0.218. The van der Waals surface area contributed by atoms with Crippen LogP contribution >= 0.6 is 11.3 Å². The third kappa shape index (κ3) is 3.57. The molecular formula is C23H22N2O4S.